The van der Waals surface area contributed by atoms with Gasteiger partial charge in [-0.3, -0.25) is 28.8 Å². The summed E-state index contributed by atoms with van der Waals surface area (Å²) in [6.07, 6.45) is 4.31. The van der Waals surface area contributed by atoms with Crippen molar-refractivity contribution in [1.82, 2.24) is 15.6 Å². The molecule has 2 aromatic rings. The molecule has 0 unspecified atom stereocenters. The fourth-order valence-corrected chi connectivity index (χ4v) is 8.05. The van der Waals surface area contributed by atoms with Gasteiger partial charge < -0.3 is 21.1 Å². The van der Waals surface area contributed by atoms with E-state index in [-0.39, 0.29) is 34.7 Å². The van der Waals surface area contributed by atoms with Crippen molar-refractivity contribution in [3.05, 3.63) is 57.6 Å². The summed E-state index contributed by atoms with van der Waals surface area (Å²) in [5, 5.41) is 9.81. The Hall–Kier alpha value is -2.92. The first-order chi connectivity index (χ1) is 21.9. The molecule has 0 radical (unpaired) electrons. The van der Waals surface area contributed by atoms with Crippen LogP contribution in [0, 0.1) is 11.2 Å². The molecule has 7 N–H and O–H groups in total. The average Bonchev–Trinajstić information content (AvgIpc) is 3.43. The third-order valence-electron chi connectivity index (χ3n) is 9.89. The molecule has 47 heavy (non-hydrogen) atoms. The van der Waals surface area contributed by atoms with Gasteiger partial charge in [0, 0.05) is 28.4 Å². The number of amides is 3. The Morgan fingerprint density at radius 1 is 1.13 bits per heavy atom. The van der Waals surface area contributed by atoms with Gasteiger partial charge in [-0.15, -0.1) is 0 Å². The van der Waals surface area contributed by atoms with Crippen molar-refractivity contribution in [2.45, 2.75) is 87.4 Å². The van der Waals surface area contributed by atoms with Crippen molar-refractivity contribution < 1.29 is 41.0 Å². The smallest absolute Gasteiger partial charge is 0.367 e. The molecule has 2 spiro atoms. The number of aromatic nitrogens is 1. The minimum atomic E-state index is -4.67. The van der Waals surface area contributed by atoms with E-state index in [4.69, 9.17) is 51.2 Å². The number of rotatable bonds is 4. The lowest BCUT2D eigenvalue weighted by Gasteiger charge is -2.50. The van der Waals surface area contributed by atoms with Gasteiger partial charge in [-0.1, -0.05) is 43.1 Å². The lowest BCUT2D eigenvalue weighted by atomic mass is 9.53. The van der Waals surface area contributed by atoms with Gasteiger partial charge in [0.1, 0.15) is 11.5 Å². The van der Waals surface area contributed by atoms with Crippen molar-refractivity contribution in [2.75, 3.05) is 11.9 Å². The molecule has 0 bridgehead atoms. The van der Waals surface area contributed by atoms with Gasteiger partial charge in [0.2, 0.25) is 17.7 Å². The van der Waals surface area contributed by atoms with E-state index in [0.29, 0.717) is 42.0 Å². The van der Waals surface area contributed by atoms with Crippen LogP contribution in [-0.4, -0.2) is 70.6 Å². The van der Waals surface area contributed by atoms with Crippen LogP contribution in [0.3, 0.4) is 0 Å². The molecule has 6 rings (SSSR count). The van der Waals surface area contributed by atoms with E-state index in [2.05, 4.69) is 34.8 Å². The number of nitrogens with two attached hydrogens (primary N) is 1. The summed E-state index contributed by atoms with van der Waals surface area (Å²) in [6, 6.07) is 5.34. The van der Waals surface area contributed by atoms with Crippen LogP contribution in [0.15, 0.2) is 30.5 Å². The highest BCUT2D eigenvalue weighted by molar-refractivity contribution is 7.79. The molecule has 4 aliphatic rings. The molecule has 13 nitrogen and oxygen atoms in total. The molecule has 1 aromatic carbocycles. The van der Waals surface area contributed by atoms with Gasteiger partial charge in [0.15, 0.2) is 11.0 Å². The van der Waals surface area contributed by atoms with E-state index in [1.165, 1.54) is 12.3 Å². The molecule has 256 valence electrons. The number of fused-ring (bicyclic) bond motifs is 3. The molecule has 5 atom stereocenters. The summed E-state index contributed by atoms with van der Waals surface area (Å²) < 4.78 is 53.2. The second-order valence-corrected chi connectivity index (χ2v) is 14.9. The van der Waals surface area contributed by atoms with E-state index in [9.17, 15) is 14.4 Å². The van der Waals surface area contributed by atoms with Crippen LogP contribution in [0.2, 0.25) is 10.2 Å². The quantitative estimate of drug-likeness (QED) is 0.201. The first kappa shape index (κ1) is 35.4. The van der Waals surface area contributed by atoms with Crippen LogP contribution >= 0.6 is 23.2 Å². The van der Waals surface area contributed by atoms with Crippen LogP contribution in [0.5, 0.6) is 0 Å². The van der Waals surface area contributed by atoms with Crippen LogP contribution in [0.25, 0.3) is 0 Å². The van der Waals surface area contributed by atoms with Crippen LogP contribution in [0.1, 0.15) is 69.4 Å². The molecular formula is C30H36Cl2FN5O8S. The molecule has 17 heteroatoms. The van der Waals surface area contributed by atoms with Crippen LogP contribution in [0.4, 0.5) is 10.1 Å². The van der Waals surface area contributed by atoms with Gasteiger partial charge in [0.25, 0.3) is 0 Å². The second kappa shape index (κ2) is 12.8. The Morgan fingerprint density at radius 2 is 1.79 bits per heavy atom. The zero-order chi connectivity index (χ0) is 34.5. The minimum Gasteiger partial charge on any atom is -0.367 e. The number of anilines is 1. The highest BCUT2D eigenvalue weighted by Gasteiger charge is 2.73. The molecule has 1 aromatic heterocycles. The average molecular weight is 717 g/mol. The maximum absolute atomic E-state index is 16.0. The lowest BCUT2D eigenvalue weighted by molar-refractivity contribution is -0.134. The van der Waals surface area contributed by atoms with E-state index < -0.39 is 57.0 Å². The second-order valence-electron chi connectivity index (χ2n) is 13.3. The summed E-state index contributed by atoms with van der Waals surface area (Å²) in [5.74, 6) is -2.99. The first-order valence-corrected chi connectivity index (χ1v) is 17.1. The van der Waals surface area contributed by atoms with Crippen molar-refractivity contribution in [3.8, 4) is 0 Å². The number of hydrogen-bond donors (Lipinski definition) is 6. The minimum absolute atomic E-state index is 0.0312. The van der Waals surface area contributed by atoms with Gasteiger partial charge in [-0.2, -0.15) is 8.42 Å². The van der Waals surface area contributed by atoms with Gasteiger partial charge in [0.05, 0.1) is 18.7 Å². The number of carbonyl (C=O) groups excluding carboxylic acids is 3. The molecule has 4 heterocycles. The maximum atomic E-state index is 16.0. The standard InChI is InChI=1S/C30H34Cl2FN5O4.H2O4S/c1-28(2)8-10-29(11-9-28)30(18-5-3-15(31)13-19(18)37-27(30)41)21(17-7-12-35-24(32)22(17)33)23(38-29)26(40)36-16-4-6-20(25(34)39)42-14-16;1-5(2,3)4/h3,5,7,12-13,16,20-21,23,38H,4,6,8-11,14H2,1-2H3,(H2,34,39)(H,36,40)(H,37,41);(H2,1,2,3,4)/t16-,20+,21+,23-,30-;/m1./s1. The fraction of sp³-hybridized carbons (Fsp3) is 0.533. The van der Waals surface area contributed by atoms with E-state index in [1.54, 1.807) is 12.1 Å². The monoisotopic (exact) mass is 715 g/mol. The molecule has 3 amide bonds. The molecule has 1 aliphatic carbocycles. The predicted molar refractivity (Wildman–Crippen MR) is 170 cm³/mol. The summed E-state index contributed by atoms with van der Waals surface area (Å²) in [4.78, 5) is 44.2. The highest BCUT2D eigenvalue weighted by Crippen LogP contribution is 2.64. The van der Waals surface area contributed by atoms with Crippen LogP contribution < -0.4 is 21.7 Å². The molecule has 3 fully saturated rings. The molecule has 2 saturated heterocycles. The number of ether oxygens (including phenoxy) is 1. The number of pyridine rings is 1. The molecule has 1 saturated carbocycles. The Balaban J connectivity index is 0.000000807. The fourth-order valence-electron chi connectivity index (χ4n) is 7.71. The predicted octanol–water partition coefficient (Wildman–Crippen LogP) is 3.31. The van der Waals surface area contributed by atoms with Crippen molar-refractivity contribution in [2.24, 2.45) is 11.1 Å². The van der Waals surface area contributed by atoms with Gasteiger partial charge >= 0.3 is 10.4 Å². The number of hydrogen-bond acceptors (Lipinski definition) is 8. The number of halogens is 3. The van der Waals surface area contributed by atoms with Crippen molar-refractivity contribution >= 4 is 57.0 Å². The number of carbonyl (C=O) groups is 3. The van der Waals surface area contributed by atoms with Crippen molar-refractivity contribution in [3.63, 3.8) is 0 Å². The SMILES string of the molecule is CC1(C)CCC2(CC1)N[C@@H](C(=O)N[C@@H]1CC[C@@H](C(N)=O)OC1)[C@H](c1ccnc(Cl)c1F)[C@]21C(=O)Nc2cc(Cl)ccc21.O=S(=O)(O)O. The maximum Gasteiger partial charge on any atom is 0.394 e. The Kier molecular flexibility index (Phi) is 9.67. The summed E-state index contributed by atoms with van der Waals surface area (Å²) >= 11 is 12.5. The number of nitrogens with zero attached hydrogens (tertiary/aromatic N) is 1. The van der Waals surface area contributed by atoms with Crippen LogP contribution in [-0.2, 0) is 34.9 Å². The third-order valence-corrected chi connectivity index (χ3v) is 10.4. The first-order valence-electron chi connectivity index (χ1n) is 15.0. The normalized spacial score (nSPS) is 29.0. The Morgan fingerprint density at radius 3 is 2.38 bits per heavy atom. The Labute approximate surface area is 281 Å². The summed E-state index contributed by atoms with van der Waals surface area (Å²) in [5.41, 5.74) is 4.54. The van der Waals surface area contributed by atoms with E-state index >= 15 is 4.39 Å². The number of benzene rings is 1. The van der Waals surface area contributed by atoms with E-state index in [1.807, 2.05) is 6.07 Å². The zero-order valence-corrected chi connectivity index (χ0v) is 27.9. The largest absolute Gasteiger partial charge is 0.394 e. The van der Waals surface area contributed by atoms with E-state index in [0.717, 1.165) is 12.8 Å². The zero-order valence-electron chi connectivity index (χ0n) is 25.6. The third kappa shape index (κ3) is 6.71. The Bertz CT molecular complexity index is 1690. The lowest BCUT2D eigenvalue weighted by Crippen LogP contribution is -2.61. The topological polar surface area (TPSA) is 210 Å². The number of primary amides is 1. The molecule has 3 aliphatic heterocycles. The van der Waals surface area contributed by atoms with Crippen molar-refractivity contribution in [1.29, 1.82) is 0 Å². The number of nitrogens with one attached hydrogen (secondary N) is 3. The van der Waals surface area contributed by atoms with Gasteiger partial charge in [-0.05, 0) is 73.3 Å². The summed E-state index contributed by atoms with van der Waals surface area (Å²) in [7, 11) is -4.67. The highest BCUT2D eigenvalue weighted by atomic mass is 35.5. The summed E-state index contributed by atoms with van der Waals surface area (Å²) in [6.45, 7) is 4.49. The molecular weight excluding hydrogens is 680 g/mol. The van der Waals surface area contributed by atoms with Gasteiger partial charge in [-0.25, -0.2) is 9.37 Å².